The van der Waals surface area contributed by atoms with Crippen LogP contribution in [0.1, 0.15) is 35.8 Å². The summed E-state index contributed by atoms with van der Waals surface area (Å²) in [6.07, 6.45) is 2.33. The lowest BCUT2D eigenvalue weighted by Crippen LogP contribution is -1.94. The number of nitrogens with zero attached hydrogens (tertiary/aromatic N) is 2. The summed E-state index contributed by atoms with van der Waals surface area (Å²) in [5.41, 5.74) is 2.61. The number of carbonyl (C=O) groups is 1. The molecule has 0 saturated carbocycles. The Morgan fingerprint density at radius 2 is 1.82 bits per heavy atom. The molecular formula is C14H14N2O. The van der Waals surface area contributed by atoms with E-state index < -0.39 is 0 Å². The third kappa shape index (κ3) is 2.56. The Morgan fingerprint density at radius 3 is 2.41 bits per heavy atom. The third-order valence-electron chi connectivity index (χ3n) is 2.63. The van der Waals surface area contributed by atoms with Crippen LogP contribution in [0.25, 0.3) is 11.4 Å². The minimum Gasteiger partial charge on any atom is -0.296 e. The molecule has 3 nitrogen and oxygen atoms in total. The van der Waals surface area contributed by atoms with Gasteiger partial charge in [-0.2, -0.15) is 0 Å². The number of benzene rings is 1. The predicted molar refractivity (Wildman–Crippen MR) is 66.9 cm³/mol. The van der Waals surface area contributed by atoms with E-state index in [9.17, 15) is 4.79 Å². The smallest absolute Gasteiger partial charge is 0.168 e. The summed E-state index contributed by atoms with van der Waals surface area (Å²) in [4.78, 5) is 19.0. The molecule has 0 radical (unpaired) electrons. The fourth-order valence-electron chi connectivity index (χ4n) is 1.59. The van der Waals surface area contributed by atoms with Crippen LogP contribution < -0.4 is 0 Å². The quantitative estimate of drug-likeness (QED) is 0.755. The van der Waals surface area contributed by atoms with Crippen molar-refractivity contribution in [2.75, 3.05) is 0 Å². The van der Waals surface area contributed by atoms with E-state index in [0.717, 1.165) is 11.8 Å². The first-order valence-electron chi connectivity index (χ1n) is 5.59. The largest absolute Gasteiger partial charge is 0.296 e. The Balaban J connectivity index is 2.36. The monoisotopic (exact) mass is 226 g/mol. The summed E-state index contributed by atoms with van der Waals surface area (Å²) >= 11 is 0. The van der Waals surface area contributed by atoms with E-state index in [2.05, 4.69) is 35.9 Å². The van der Waals surface area contributed by atoms with Gasteiger partial charge < -0.3 is 0 Å². The number of hydrogen-bond acceptors (Lipinski definition) is 3. The van der Waals surface area contributed by atoms with Crippen LogP contribution in [-0.2, 0) is 0 Å². The number of carbonyl (C=O) groups excluding carboxylic acids is 1. The van der Waals surface area contributed by atoms with E-state index >= 15 is 0 Å². The van der Waals surface area contributed by atoms with Crippen LogP contribution in [0.3, 0.4) is 0 Å². The van der Waals surface area contributed by atoms with Crippen molar-refractivity contribution >= 4 is 6.29 Å². The maximum atomic E-state index is 10.6. The van der Waals surface area contributed by atoms with Crippen LogP contribution in [0.4, 0.5) is 0 Å². The van der Waals surface area contributed by atoms with Crippen LogP contribution in [0.15, 0.2) is 36.5 Å². The summed E-state index contributed by atoms with van der Waals surface area (Å²) in [5.74, 6) is 1.09. The van der Waals surface area contributed by atoms with Crippen molar-refractivity contribution in [1.29, 1.82) is 0 Å². The van der Waals surface area contributed by atoms with Crippen molar-refractivity contribution < 1.29 is 4.79 Å². The number of aldehydes is 1. The van der Waals surface area contributed by atoms with E-state index in [1.807, 2.05) is 12.1 Å². The van der Waals surface area contributed by atoms with Crippen molar-refractivity contribution in [1.82, 2.24) is 9.97 Å². The van der Waals surface area contributed by atoms with Gasteiger partial charge in [0.25, 0.3) is 0 Å². The van der Waals surface area contributed by atoms with Gasteiger partial charge in [-0.3, -0.25) is 4.79 Å². The van der Waals surface area contributed by atoms with Gasteiger partial charge in [0.05, 0.1) is 0 Å². The third-order valence-corrected chi connectivity index (χ3v) is 2.63. The first kappa shape index (κ1) is 11.5. The van der Waals surface area contributed by atoms with Gasteiger partial charge in [0, 0.05) is 11.8 Å². The second-order valence-corrected chi connectivity index (χ2v) is 4.20. The molecule has 0 N–H and O–H groups in total. The van der Waals surface area contributed by atoms with E-state index in [-0.39, 0.29) is 0 Å². The first-order chi connectivity index (χ1) is 8.20. The second kappa shape index (κ2) is 4.87. The Bertz CT molecular complexity index is 518. The Morgan fingerprint density at radius 1 is 1.12 bits per heavy atom. The molecular weight excluding hydrogens is 212 g/mol. The van der Waals surface area contributed by atoms with Crippen LogP contribution in [-0.4, -0.2) is 16.3 Å². The SMILES string of the molecule is CC(C)c1ccc(-c2nccc(C=O)n2)cc1. The zero-order valence-electron chi connectivity index (χ0n) is 9.92. The Labute approximate surface area is 101 Å². The highest BCUT2D eigenvalue weighted by Crippen LogP contribution is 2.19. The molecule has 1 aromatic heterocycles. The molecule has 0 saturated heterocycles. The highest BCUT2D eigenvalue weighted by atomic mass is 16.1. The molecule has 0 amide bonds. The van der Waals surface area contributed by atoms with Gasteiger partial charge in [0.1, 0.15) is 5.69 Å². The summed E-state index contributed by atoms with van der Waals surface area (Å²) in [5, 5.41) is 0. The Kier molecular flexibility index (Phi) is 3.28. The lowest BCUT2D eigenvalue weighted by molar-refractivity contribution is 0.111. The first-order valence-corrected chi connectivity index (χ1v) is 5.59. The maximum absolute atomic E-state index is 10.6. The lowest BCUT2D eigenvalue weighted by atomic mass is 10.0. The van der Waals surface area contributed by atoms with Gasteiger partial charge >= 0.3 is 0 Å². The molecule has 0 bridgehead atoms. The molecule has 17 heavy (non-hydrogen) atoms. The molecule has 0 aliphatic heterocycles. The Hall–Kier alpha value is -2.03. The normalized spacial score (nSPS) is 10.5. The van der Waals surface area contributed by atoms with E-state index in [1.165, 1.54) is 5.56 Å². The van der Waals surface area contributed by atoms with Crippen LogP contribution in [0.5, 0.6) is 0 Å². The molecule has 86 valence electrons. The van der Waals surface area contributed by atoms with Gasteiger partial charge in [-0.1, -0.05) is 38.1 Å². The lowest BCUT2D eigenvalue weighted by Gasteiger charge is -2.06. The van der Waals surface area contributed by atoms with Gasteiger partial charge in [-0.05, 0) is 17.5 Å². The van der Waals surface area contributed by atoms with Gasteiger partial charge in [0.15, 0.2) is 12.1 Å². The average molecular weight is 226 g/mol. The van der Waals surface area contributed by atoms with Crippen molar-refractivity contribution in [2.45, 2.75) is 19.8 Å². The molecule has 0 fully saturated rings. The van der Waals surface area contributed by atoms with E-state index in [1.54, 1.807) is 12.3 Å². The van der Waals surface area contributed by atoms with E-state index in [0.29, 0.717) is 17.4 Å². The molecule has 0 atom stereocenters. The summed E-state index contributed by atoms with van der Waals surface area (Å²) in [6.45, 7) is 4.30. The second-order valence-electron chi connectivity index (χ2n) is 4.20. The van der Waals surface area contributed by atoms with E-state index in [4.69, 9.17) is 0 Å². The van der Waals surface area contributed by atoms with Gasteiger partial charge in [-0.15, -0.1) is 0 Å². The van der Waals surface area contributed by atoms with Crippen LogP contribution in [0.2, 0.25) is 0 Å². The molecule has 1 heterocycles. The molecule has 1 aromatic carbocycles. The molecule has 3 heteroatoms. The van der Waals surface area contributed by atoms with Crippen LogP contribution >= 0.6 is 0 Å². The maximum Gasteiger partial charge on any atom is 0.168 e. The van der Waals surface area contributed by atoms with Crippen molar-refractivity contribution in [2.24, 2.45) is 0 Å². The summed E-state index contributed by atoms with van der Waals surface area (Å²) in [7, 11) is 0. The number of aromatic nitrogens is 2. The molecule has 0 aliphatic carbocycles. The van der Waals surface area contributed by atoms with Crippen molar-refractivity contribution in [3.05, 3.63) is 47.8 Å². The topological polar surface area (TPSA) is 42.9 Å². The number of hydrogen-bond donors (Lipinski definition) is 0. The molecule has 0 aliphatic rings. The summed E-state index contributed by atoms with van der Waals surface area (Å²) < 4.78 is 0. The van der Waals surface area contributed by atoms with Gasteiger partial charge in [-0.25, -0.2) is 9.97 Å². The molecule has 2 rings (SSSR count). The molecule has 0 unspecified atom stereocenters. The number of rotatable bonds is 3. The fourth-order valence-corrected chi connectivity index (χ4v) is 1.59. The zero-order valence-corrected chi connectivity index (χ0v) is 9.92. The minimum atomic E-state index is 0.405. The highest BCUT2D eigenvalue weighted by molar-refractivity contribution is 5.72. The summed E-state index contributed by atoms with van der Waals surface area (Å²) in [6, 6.07) is 9.70. The fraction of sp³-hybridized carbons (Fsp3) is 0.214. The molecule has 2 aromatic rings. The standard InChI is InChI=1S/C14H14N2O/c1-10(2)11-3-5-12(6-4-11)14-15-8-7-13(9-17)16-14/h3-10H,1-2H3. The zero-order chi connectivity index (χ0) is 12.3. The molecule has 0 spiro atoms. The average Bonchev–Trinajstić information content (AvgIpc) is 2.39. The highest BCUT2D eigenvalue weighted by Gasteiger charge is 2.03. The predicted octanol–water partition coefficient (Wildman–Crippen LogP) is 3.08. The van der Waals surface area contributed by atoms with Crippen molar-refractivity contribution in [3.8, 4) is 11.4 Å². The van der Waals surface area contributed by atoms with Crippen LogP contribution in [0, 0.1) is 0 Å². The van der Waals surface area contributed by atoms with Crippen molar-refractivity contribution in [3.63, 3.8) is 0 Å². The minimum absolute atomic E-state index is 0.405. The van der Waals surface area contributed by atoms with Gasteiger partial charge in [0.2, 0.25) is 0 Å².